The third kappa shape index (κ3) is 6.39. The number of ether oxygens (including phenoxy) is 2. The maximum Gasteiger partial charge on any atom is 0.307 e. The minimum absolute atomic E-state index is 0.107. The van der Waals surface area contributed by atoms with E-state index >= 15 is 0 Å². The zero-order valence-electron chi connectivity index (χ0n) is 13.6. The maximum atomic E-state index is 12.6. The fraction of sp³-hybridized carbons (Fsp3) is 0.471. The van der Waals surface area contributed by atoms with Crippen molar-refractivity contribution in [1.82, 2.24) is 4.90 Å². The molecule has 0 aliphatic carbocycles. The number of hydrogen-bond donors (Lipinski definition) is 0. The quantitative estimate of drug-likeness (QED) is 0.653. The summed E-state index contributed by atoms with van der Waals surface area (Å²) < 4.78 is 10.3. The van der Waals surface area contributed by atoms with Crippen molar-refractivity contribution in [2.24, 2.45) is 0 Å². The van der Waals surface area contributed by atoms with Crippen molar-refractivity contribution in [2.75, 3.05) is 26.3 Å². The average molecular weight is 318 g/mol. The summed E-state index contributed by atoms with van der Waals surface area (Å²) >= 11 is 0. The number of benzene rings is 1. The highest BCUT2D eigenvalue weighted by atomic mass is 16.5. The number of nitrogens with zero attached hydrogens (tertiary/aromatic N) is 2. The molecule has 1 amide bonds. The molecule has 0 atom stereocenters. The van der Waals surface area contributed by atoms with Gasteiger partial charge in [-0.05, 0) is 32.0 Å². The zero-order chi connectivity index (χ0) is 17.1. The minimum Gasteiger partial charge on any atom is -0.494 e. The number of esters is 1. The van der Waals surface area contributed by atoms with Gasteiger partial charge in [0.2, 0.25) is 0 Å². The van der Waals surface area contributed by atoms with E-state index < -0.39 is 0 Å². The van der Waals surface area contributed by atoms with E-state index in [2.05, 4.69) is 0 Å². The third-order valence-electron chi connectivity index (χ3n) is 3.06. The van der Waals surface area contributed by atoms with E-state index in [1.54, 1.807) is 31.2 Å². The van der Waals surface area contributed by atoms with Gasteiger partial charge in [-0.2, -0.15) is 5.26 Å². The van der Waals surface area contributed by atoms with Crippen molar-refractivity contribution in [3.05, 3.63) is 29.8 Å². The summed E-state index contributed by atoms with van der Waals surface area (Å²) in [6, 6.07) is 8.88. The number of carbonyl (C=O) groups excluding carboxylic acids is 2. The second-order valence-corrected chi connectivity index (χ2v) is 4.72. The average Bonchev–Trinajstić information content (AvgIpc) is 2.55. The number of amides is 1. The zero-order valence-corrected chi connectivity index (χ0v) is 13.6. The van der Waals surface area contributed by atoms with E-state index in [9.17, 15) is 9.59 Å². The highest BCUT2D eigenvalue weighted by Crippen LogP contribution is 2.15. The van der Waals surface area contributed by atoms with Gasteiger partial charge in [-0.1, -0.05) is 6.07 Å². The second kappa shape index (κ2) is 10.2. The lowest BCUT2D eigenvalue weighted by molar-refractivity contribution is -0.143. The van der Waals surface area contributed by atoms with Crippen molar-refractivity contribution < 1.29 is 19.1 Å². The second-order valence-electron chi connectivity index (χ2n) is 4.72. The number of hydrogen-bond acceptors (Lipinski definition) is 5. The molecule has 0 aliphatic heterocycles. The molecule has 0 bridgehead atoms. The van der Waals surface area contributed by atoms with E-state index in [-0.39, 0.29) is 37.8 Å². The normalized spacial score (nSPS) is 9.78. The van der Waals surface area contributed by atoms with E-state index in [1.165, 1.54) is 4.90 Å². The molecule has 6 heteroatoms. The molecular formula is C17H22N2O4. The number of rotatable bonds is 9. The van der Waals surface area contributed by atoms with Gasteiger partial charge in [0.25, 0.3) is 5.91 Å². The summed E-state index contributed by atoms with van der Waals surface area (Å²) in [5, 5.41) is 8.74. The molecule has 0 saturated carbocycles. The van der Waals surface area contributed by atoms with E-state index in [0.29, 0.717) is 24.5 Å². The number of nitriles is 1. The molecule has 1 aromatic carbocycles. The Morgan fingerprint density at radius 3 is 2.65 bits per heavy atom. The Morgan fingerprint density at radius 2 is 2.00 bits per heavy atom. The third-order valence-corrected chi connectivity index (χ3v) is 3.06. The summed E-state index contributed by atoms with van der Waals surface area (Å²) in [6.07, 6.45) is 0.315. The van der Waals surface area contributed by atoms with Crippen LogP contribution in [0.1, 0.15) is 37.0 Å². The molecule has 6 nitrogen and oxygen atoms in total. The van der Waals surface area contributed by atoms with Crippen molar-refractivity contribution in [1.29, 1.82) is 5.26 Å². The Bertz CT molecular complexity index is 566. The molecule has 23 heavy (non-hydrogen) atoms. The fourth-order valence-electron chi connectivity index (χ4n) is 2.03. The Balaban J connectivity index is 2.80. The maximum absolute atomic E-state index is 12.6. The molecule has 0 N–H and O–H groups in total. The van der Waals surface area contributed by atoms with Crippen molar-refractivity contribution in [3.63, 3.8) is 0 Å². The molecule has 0 spiro atoms. The van der Waals surface area contributed by atoms with Crippen LogP contribution in [-0.4, -0.2) is 43.1 Å². The van der Waals surface area contributed by atoms with Crippen LogP contribution in [0.25, 0.3) is 0 Å². The molecule has 0 saturated heterocycles. The lowest BCUT2D eigenvalue weighted by Crippen LogP contribution is -2.34. The molecule has 0 radical (unpaired) electrons. The topological polar surface area (TPSA) is 79.6 Å². The van der Waals surface area contributed by atoms with Gasteiger partial charge >= 0.3 is 5.97 Å². The Labute approximate surface area is 136 Å². The Hall–Kier alpha value is -2.55. The van der Waals surface area contributed by atoms with Gasteiger partial charge in [0, 0.05) is 18.7 Å². The molecule has 0 aliphatic rings. The Kier molecular flexibility index (Phi) is 8.22. The van der Waals surface area contributed by atoms with Crippen LogP contribution in [0.15, 0.2) is 24.3 Å². The van der Waals surface area contributed by atoms with Crippen LogP contribution in [0.4, 0.5) is 0 Å². The van der Waals surface area contributed by atoms with E-state index in [1.807, 2.05) is 13.0 Å². The highest BCUT2D eigenvalue weighted by molar-refractivity contribution is 5.94. The summed E-state index contributed by atoms with van der Waals surface area (Å²) in [6.45, 7) is 4.91. The first-order chi connectivity index (χ1) is 11.1. The first kappa shape index (κ1) is 18.5. The SMILES string of the molecule is CCOC(=O)CCN(CCC#N)C(=O)c1cccc(OCC)c1. The molecule has 0 heterocycles. The molecule has 124 valence electrons. The summed E-state index contributed by atoms with van der Waals surface area (Å²) in [4.78, 5) is 25.6. The Morgan fingerprint density at radius 1 is 1.22 bits per heavy atom. The van der Waals surface area contributed by atoms with Crippen molar-refractivity contribution in [2.45, 2.75) is 26.7 Å². The van der Waals surface area contributed by atoms with Crippen LogP contribution in [-0.2, 0) is 9.53 Å². The van der Waals surface area contributed by atoms with Crippen LogP contribution in [0.3, 0.4) is 0 Å². The smallest absolute Gasteiger partial charge is 0.307 e. The number of carbonyl (C=O) groups is 2. The van der Waals surface area contributed by atoms with Crippen molar-refractivity contribution in [3.8, 4) is 11.8 Å². The van der Waals surface area contributed by atoms with Crippen LogP contribution in [0, 0.1) is 11.3 Å². The first-order valence-corrected chi connectivity index (χ1v) is 7.67. The van der Waals surface area contributed by atoms with Crippen molar-refractivity contribution >= 4 is 11.9 Å². The molecule has 1 rings (SSSR count). The van der Waals surface area contributed by atoms with Gasteiger partial charge in [-0.25, -0.2) is 0 Å². The van der Waals surface area contributed by atoms with Gasteiger partial charge in [0.15, 0.2) is 0 Å². The van der Waals surface area contributed by atoms with Gasteiger partial charge in [-0.15, -0.1) is 0 Å². The van der Waals surface area contributed by atoms with Gasteiger partial charge in [0.1, 0.15) is 5.75 Å². The predicted octanol–water partition coefficient (Wildman–Crippen LogP) is 2.39. The van der Waals surface area contributed by atoms with E-state index in [4.69, 9.17) is 14.7 Å². The van der Waals surface area contributed by atoms with Crippen LogP contribution < -0.4 is 4.74 Å². The van der Waals surface area contributed by atoms with Crippen LogP contribution in [0.2, 0.25) is 0 Å². The van der Waals surface area contributed by atoms with Gasteiger partial charge in [-0.3, -0.25) is 9.59 Å². The van der Waals surface area contributed by atoms with Gasteiger partial charge in [0.05, 0.1) is 32.1 Å². The lowest BCUT2D eigenvalue weighted by Gasteiger charge is -2.21. The molecule has 0 aromatic heterocycles. The molecule has 0 unspecified atom stereocenters. The van der Waals surface area contributed by atoms with Crippen LogP contribution >= 0.6 is 0 Å². The molecule has 0 fully saturated rings. The monoisotopic (exact) mass is 318 g/mol. The lowest BCUT2D eigenvalue weighted by atomic mass is 10.1. The summed E-state index contributed by atoms with van der Waals surface area (Å²) in [5.74, 6) is 0.0282. The first-order valence-electron chi connectivity index (χ1n) is 7.67. The summed E-state index contributed by atoms with van der Waals surface area (Å²) in [5.41, 5.74) is 0.470. The molecule has 1 aromatic rings. The fourth-order valence-corrected chi connectivity index (χ4v) is 2.03. The standard InChI is InChI=1S/C17H22N2O4/c1-3-22-15-8-5-7-14(13-15)17(21)19(11-6-10-18)12-9-16(20)23-4-2/h5,7-8,13H,3-4,6,9,11-12H2,1-2H3. The molecular weight excluding hydrogens is 296 g/mol. The minimum atomic E-state index is -0.356. The van der Waals surface area contributed by atoms with Crippen LogP contribution in [0.5, 0.6) is 5.75 Å². The predicted molar refractivity (Wildman–Crippen MR) is 85.0 cm³/mol. The van der Waals surface area contributed by atoms with E-state index in [0.717, 1.165) is 0 Å². The van der Waals surface area contributed by atoms with Gasteiger partial charge < -0.3 is 14.4 Å². The largest absolute Gasteiger partial charge is 0.494 e. The summed E-state index contributed by atoms with van der Waals surface area (Å²) in [7, 11) is 0. The highest BCUT2D eigenvalue weighted by Gasteiger charge is 2.17.